The molecule has 1 aliphatic heterocycles. The average Bonchev–Trinajstić information content (AvgIpc) is 3.00. The number of carbonyl (C=O) groups excluding carboxylic acids is 1. The van der Waals surface area contributed by atoms with Gasteiger partial charge >= 0.3 is 0 Å². The monoisotopic (exact) mass is 272 g/mol. The van der Waals surface area contributed by atoms with Crippen molar-refractivity contribution in [3.8, 4) is 0 Å². The van der Waals surface area contributed by atoms with Gasteiger partial charge in [0.05, 0.1) is 6.04 Å². The lowest BCUT2D eigenvalue weighted by molar-refractivity contribution is -0.123. The second-order valence-corrected chi connectivity index (χ2v) is 6.14. The molecule has 3 rings (SSSR count). The number of nitrogens with one attached hydrogen (secondary N) is 2. The Labute approximate surface area is 121 Å². The number of fused-ring (bicyclic) bond motifs is 1. The third kappa shape index (κ3) is 3.21. The van der Waals surface area contributed by atoms with E-state index >= 15 is 0 Å². The van der Waals surface area contributed by atoms with Gasteiger partial charge in [-0.1, -0.05) is 49.9 Å². The van der Waals surface area contributed by atoms with Gasteiger partial charge in [0.25, 0.3) is 0 Å². The minimum Gasteiger partial charge on any atom is -0.355 e. The summed E-state index contributed by atoms with van der Waals surface area (Å²) in [7, 11) is 0. The molecule has 3 nitrogen and oxygen atoms in total. The van der Waals surface area contributed by atoms with Crippen LogP contribution in [0.2, 0.25) is 0 Å². The second-order valence-electron chi connectivity index (χ2n) is 6.14. The first-order chi connectivity index (χ1) is 9.83. The SMILES string of the molecule is O=C(NCCC1CCCC1)C1Cc2ccccc2CN1. The highest BCUT2D eigenvalue weighted by atomic mass is 16.2. The van der Waals surface area contributed by atoms with Crippen molar-refractivity contribution in [2.75, 3.05) is 6.54 Å². The van der Waals surface area contributed by atoms with E-state index in [0.29, 0.717) is 0 Å². The summed E-state index contributed by atoms with van der Waals surface area (Å²) < 4.78 is 0. The van der Waals surface area contributed by atoms with Gasteiger partial charge in [-0.15, -0.1) is 0 Å². The van der Waals surface area contributed by atoms with Gasteiger partial charge in [0.1, 0.15) is 0 Å². The predicted molar refractivity (Wildman–Crippen MR) is 80.4 cm³/mol. The summed E-state index contributed by atoms with van der Waals surface area (Å²) >= 11 is 0. The van der Waals surface area contributed by atoms with Crippen LogP contribution in [0.3, 0.4) is 0 Å². The van der Waals surface area contributed by atoms with Crippen LogP contribution in [-0.4, -0.2) is 18.5 Å². The van der Waals surface area contributed by atoms with E-state index < -0.39 is 0 Å². The van der Waals surface area contributed by atoms with Crippen molar-refractivity contribution in [2.45, 2.75) is 51.1 Å². The van der Waals surface area contributed by atoms with E-state index in [1.54, 1.807) is 0 Å². The fraction of sp³-hybridized carbons (Fsp3) is 0.588. The quantitative estimate of drug-likeness (QED) is 0.883. The van der Waals surface area contributed by atoms with Crippen LogP contribution in [0.25, 0.3) is 0 Å². The molecule has 0 spiro atoms. The molecule has 1 heterocycles. The molecule has 0 aromatic heterocycles. The van der Waals surface area contributed by atoms with E-state index in [-0.39, 0.29) is 11.9 Å². The highest BCUT2D eigenvalue weighted by Gasteiger charge is 2.23. The van der Waals surface area contributed by atoms with E-state index in [4.69, 9.17) is 0 Å². The van der Waals surface area contributed by atoms with E-state index in [2.05, 4.69) is 34.9 Å². The summed E-state index contributed by atoms with van der Waals surface area (Å²) in [6, 6.07) is 8.32. The Morgan fingerprint density at radius 3 is 2.75 bits per heavy atom. The van der Waals surface area contributed by atoms with Gasteiger partial charge < -0.3 is 10.6 Å². The first-order valence-corrected chi connectivity index (χ1v) is 7.91. The van der Waals surface area contributed by atoms with Gasteiger partial charge in [-0.25, -0.2) is 0 Å². The van der Waals surface area contributed by atoms with Gasteiger partial charge in [0.2, 0.25) is 5.91 Å². The van der Waals surface area contributed by atoms with E-state index in [0.717, 1.165) is 31.8 Å². The number of benzene rings is 1. The number of amides is 1. The van der Waals surface area contributed by atoms with Crippen LogP contribution >= 0.6 is 0 Å². The molecule has 3 heteroatoms. The normalized spacial score (nSPS) is 22.5. The van der Waals surface area contributed by atoms with Gasteiger partial charge in [-0.3, -0.25) is 4.79 Å². The zero-order chi connectivity index (χ0) is 13.8. The molecule has 1 unspecified atom stereocenters. The van der Waals surface area contributed by atoms with Gasteiger partial charge in [-0.05, 0) is 29.9 Å². The zero-order valence-corrected chi connectivity index (χ0v) is 12.0. The molecule has 2 aliphatic rings. The van der Waals surface area contributed by atoms with E-state index in [1.807, 2.05) is 0 Å². The lowest BCUT2D eigenvalue weighted by Crippen LogP contribution is -2.47. The van der Waals surface area contributed by atoms with Crippen LogP contribution in [0.5, 0.6) is 0 Å². The van der Waals surface area contributed by atoms with Crippen LogP contribution in [0.15, 0.2) is 24.3 Å². The molecule has 1 amide bonds. The van der Waals surface area contributed by atoms with Gasteiger partial charge in [0, 0.05) is 13.1 Å². The maximum atomic E-state index is 12.2. The Hall–Kier alpha value is -1.35. The number of hydrogen-bond acceptors (Lipinski definition) is 2. The third-order valence-electron chi connectivity index (χ3n) is 4.72. The fourth-order valence-corrected chi connectivity index (χ4v) is 3.46. The van der Waals surface area contributed by atoms with Crippen molar-refractivity contribution in [3.05, 3.63) is 35.4 Å². The average molecular weight is 272 g/mol. The molecule has 1 aromatic carbocycles. The predicted octanol–water partition coefficient (Wildman–Crippen LogP) is 2.40. The summed E-state index contributed by atoms with van der Waals surface area (Å²) in [5, 5.41) is 6.45. The molecule has 1 aromatic rings. The fourth-order valence-electron chi connectivity index (χ4n) is 3.46. The summed E-state index contributed by atoms with van der Waals surface area (Å²) in [6.07, 6.45) is 7.41. The van der Waals surface area contributed by atoms with Crippen LogP contribution in [-0.2, 0) is 17.8 Å². The minimum atomic E-state index is -0.0616. The third-order valence-corrected chi connectivity index (χ3v) is 4.72. The van der Waals surface area contributed by atoms with Crippen molar-refractivity contribution in [1.29, 1.82) is 0 Å². The molecule has 0 radical (unpaired) electrons. The zero-order valence-electron chi connectivity index (χ0n) is 12.0. The minimum absolute atomic E-state index is 0.0616. The van der Waals surface area contributed by atoms with Crippen LogP contribution < -0.4 is 10.6 Å². The molecule has 1 saturated carbocycles. The van der Waals surface area contributed by atoms with Crippen LogP contribution in [0.4, 0.5) is 0 Å². The first-order valence-electron chi connectivity index (χ1n) is 7.91. The topological polar surface area (TPSA) is 41.1 Å². The molecule has 2 N–H and O–H groups in total. The maximum absolute atomic E-state index is 12.2. The van der Waals surface area contributed by atoms with Crippen molar-refractivity contribution in [2.24, 2.45) is 5.92 Å². The number of carbonyl (C=O) groups is 1. The Balaban J connectivity index is 1.46. The molecule has 1 fully saturated rings. The van der Waals surface area contributed by atoms with Crippen molar-refractivity contribution in [3.63, 3.8) is 0 Å². The lowest BCUT2D eigenvalue weighted by atomic mass is 9.95. The molecule has 1 aliphatic carbocycles. The van der Waals surface area contributed by atoms with Crippen molar-refractivity contribution in [1.82, 2.24) is 10.6 Å². The second kappa shape index (κ2) is 6.40. The number of hydrogen-bond donors (Lipinski definition) is 2. The maximum Gasteiger partial charge on any atom is 0.237 e. The van der Waals surface area contributed by atoms with Gasteiger partial charge in [-0.2, -0.15) is 0 Å². The van der Waals surface area contributed by atoms with Gasteiger partial charge in [0.15, 0.2) is 0 Å². The summed E-state index contributed by atoms with van der Waals surface area (Å²) in [4.78, 5) is 12.2. The summed E-state index contributed by atoms with van der Waals surface area (Å²) in [6.45, 7) is 1.64. The summed E-state index contributed by atoms with van der Waals surface area (Å²) in [5.74, 6) is 1.01. The largest absolute Gasteiger partial charge is 0.355 e. The Kier molecular flexibility index (Phi) is 4.36. The molecular formula is C17H24N2O. The van der Waals surface area contributed by atoms with Crippen LogP contribution in [0.1, 0.15) is 43.2 Å². The van der Waals surface area contributed by atoms with E-state index in [9.17, 15) is 4.79 Å². The van der Waals surface area contributed by atoms with Crippen molar-refractivity contribution < 1.29 is 4.79 Å². The number of rotatable bonds is 4. The van der Waals surface area contributed by atoms with Crippen molar-refractivity contribution >= 4 is 5.91 Å². The summed E-state index contributed by atoms with van der Waals surface area (Å²) in [5.41, 5.74) is 2.63. The smallest absolute Gasteiger partial charge is 0.237 e. The Morgan fingerprint density at radius 2 is 1.95 bits per heavy atom. The standard InChI is InChI=1S/C17H24N2O/c20-17(18-10-9-13-5-1-2-6-13)16-11-14-7-3-4-8-15(14)12-19-16/h3-4,7-8,13,16,19H,1-2,5-6,9-12H2,(H,18,20). The lowest BCUT2D eigenvalue weighted by Gasteiger charge is -2.25. The molecule has 0 bridgehead atoms. The Morgan fingerprint density at radius 1 is 1.20 bits per heavy atom. The molecular weight excluding hydrogens is 248 g/mol. The molecule has 20 heavy (non-hydrogen) atoms. The van der Waals surface area contributed by atoms with E-state index in [1.165, 1.54) is 36.8 Å². The molecule has 1 atom stereocenters. The highest BCUT2D eigenvalue weighted by Crippen LogP contribution is 2.26. The van der Waals surface area contributed by atoms with Crippen LogP contribution in [0, 0.1) is 5.92 Å². The Bertz CT molecular complexity index is 466. The molecule has 0 saturated heterocycles. The highest BCUT2D eigenvalue weighted by molar-refractivity contribution is 5.82. The first kappa shape index (κ1) is 13.6. The molecule has 108 valence electrons.